The molecule has 0 aliphatic heterocycles. The Hall–Kier alpha value is -1.35. The van der Waals surface area contributed by atoms with E-state index in [1.54, 1.807) is 0 Å². The number of hydrogen-bond donors (Lipinski definition) is 2. The first-order valence-corrected chi connectivity index (χ1v) is 7.59. The molecule has 112 valence electrons. The van der Waals surface area contributed by atoms with Gasteiger partial charge in [-0.2, -0.15) is 0 Å². The van der Waals surface area contributed by atoms with Crippen LogP contribution >= 0.6 is 0 Å². The first-order chi connectivity index (χ1) is 9.54. The largest absolute Gasteiger partial charge is 0.350 e. The molecule has 1 aromatic carbocycles. The van der Waals surface area contributed by atoms with Crippen LogP contribution in [-0.4, -0.2) is 12.5 Å². The quantitative estimate of drug-likeness (QED) is 0.765. The molecule has 3 heteroatoms. The standard InChI is InChI=1S/C17H28N2O/c1-13(2)15(11-12-18)9-10-17(20)19-14(3)16-7-5-4-6-8-16/h4-8,13-15H,9-12,18H2,1-3H3,(H,19,20)/t14-,15?/m1/s1. The minimum atomic E-state index is 0.0655. The molecule has 0 saturated carbocycles. The molecular formula is C17H28N2O. The van der Waals surface area contributed by atoms with Gasteiger partial charge in [-0.1, -0.05) is 44.2 Å². The molecule has 0 aliphatic rings. The van der Waals surface area contributed by atoms with Gasteiger partial charge < -0.3 is 11.1 Å². The maximum Gasteiger partial charge on any atom is 0.220 e. The van der Waals surface area contributed by atoms with Crippen molar-refractivity contribution >= 4 is 5.91 Å². The van der Waals surface area contributed by atoms with Crippen LogP contribution in [-0.2, 0) is 4.79 Å². The summed E-state index contributed by atoms with van der Waals surface area (Å²) in [6.45, 7) is 7.12. The molecule has 0 spiro atoms. The Morgan fingerprint density at radius 3 is 2.35 bits per heavy atom. The maximum absolute atomic E-state index is 12.0. The van der Waals surface area contributed by atoms with Crippen LogP contribution in [0.4, 0.5) is 0 Å². The van der Waals surface area contributed by atoms with Crippen LogP contribution in [0.5, 0.6) is 0 Å². The van der Waals surface area contributed by atoms with E-state index >= 15 is 0 Å². The summed E-state index contributed by atoms with van der Waals surface area (Å²) in [7, 11) is 0. The van der Waals surface area contributed by atoms with Crippen molar-refractivity contribution in [1.82, 2.24) is 5.32 Å². The molecule has 0 radical (unpaired) electrons. The van der Waals surface area contributed by atoms with Gasteiger partial charge in [-0.3, -0.25) is 4.79 Å². The highest BCUT2D eigenvalue weighted by molar-refractivity contribution is 5.76. The molecule has 1 aromatic rings. The minimum Gasteiger partial charge on any atom is -0.350 e. The predicted octanol–water partition coefficient (Wildman–Crippen LogP) is 3.27. The fourth-order valence-corrected chi connectivity index (χ4v) is 2.48. The summed E-state index contributed by atoms with van der Waals surface area (Å²) >= 11 is 0. The summed E-state index contributed by atoms with van der Waals surface area (Å²) in [5.41, 5.74) is 6.77. The highest BCUT2D eigenvalue weighted by Crippen LogP contribution is 2.20. The number of carbonyl (C=O) groups is 1. The van der Waals surface area contributed by atoms with E-state index < -0.39 is 0 Å². The number of rotatable bonds is 8. The summed E-state index contributed by atoms with van der Waals surface area (Å²) in [4.78, 5) is 12.0. The van der Waals surface area contributed by atoms with E-state index in [2.05, 4.69) is 19.2 Å². The van der Waals surface area contributed by atoms with Gasteiger partial charge in [0.25, 0.3) is 0 Å². The van der Waals surface area contributed by atoms with E-state index in [1.165, 1.54) is 0 Å². The zero-order chi connectivity index (χ0) is 15.0. The fraction of sp³-hybridized carbons (Fsp3) is 0.588. The van der Waals surface area contributed by atoms with Crippen molar-refractivity contribution in [2.45, 2.75) is 46.1 Å². The van der Waals surface area contributed by atoms with Crippen LogP contribution in [0.1, 0.15) is 51.6 Å². The third-order valence-corrected chi connectivity index (χ3v) is 3.90. The molecule has 0 bridgehead atoms. The second kappa shape index (κ2) is 8.75. The topological polar surface area (TPSA) is 55.1 Å². The van der Waals surface area contributed by atoms with Crippen molar-refractivity contribution in [3.05, 3.63) is 35.9 Å². The normalized spacial score (nSPS) is 14.1. The first kappa shape index (κ1) is 16.7. The Kier molecular flexibility index (Phi) is 7.31. The summed E-state index contributed by atoms with van der Waals surface area (Å²) < 4.78 is 0. The van der Waals surface area contributed by atoms with Gasteiger partial charge in [0.15, 0.2) is 0 Å². The van der Waals surface area contributed by atoms with Crippen LogP contribution in [0.25, 0.3) is 0 Å². The Morgan fingerprint density at radius 1 is 1.15 bits per heavy atom. The third-order valence-electron chi connectivity index (χ3n) is 3.90. The van der Waals surface area contributed by atoms with E-state index in [1.807, 2.05) is 37.3 Å². The fourth-order valence-electron chi connectivity index (χ4n) is 2.48. The molecular weight excluding hydrogens is 248 g/mol. The van der Waals surface area contributed by atoms with E-state index in [-0.39, 0.29) is 11.9 Å². The first-order valence-electron chi connectivity index (χ1n) is 7.59. The van der Waals surface area contributed by atoms with Crippen molar-refractivity contribution in [3.63, 3.8) is 0 Å². The van der Waals surface area contributed by atoms with Crippen LogP contribution in [0.15, 0.2) is 30.3 Å². The number of hydrogen-bond acceptors (Lipinski definition) is 2. The molecule has 0 heterocycles. The Labute approximate surface area is 122 Å². The molecule has 3 nitrogen and oxygen atoms in total. The molecule has 1 unspecified atom stereocenters. The van der Waals surface area contributed by atoms with Crippen molar-refractivity contribution in [2.24, 2.45) is 17.6 Å². The molecule has 0 saturated heterocycles. The second-order valence-electron chi connectivity index (χ2n) is 5.82. The van der Waals surface area contributed by atoms with Gasteiger partial charge in [0.05, 0.1) is 6.04 Å². The van der Waals surface area contributed by atoms with Crippen LogP contribution in [0, 0.1) is 11.8 Å². The molecule has 0 aromatic heterocycles. The monoisotopic (exact) mass is 276 g/mol. The average molecular weight is 276 g/mol. The zero-order valence-electron chi connectivity index (χ0n) is 12.9. The zero-order valence-corrected chi connectivity index (χ0v) is 12.9. The summed E-state index contributed by atoms with van der Waals surface area (Å²) in [5, 5.41) is 3.06. The van der Waals surface area contributed by atoms with Crippen molar-refractivity contribution in [3.8, 4) is 0 Å². The SMILES string of the molecule is CC(C)C(CCN)CCC(=O)N[C@H](C)c1ccccc1. The Morgan fingerprint density at radius 2 is 1.80 bits per heavy atom. The smallest absolute Gasteiger partial charge is 0.220 e. The van der Waals surface area contributed by atoms with Crippen molar-refractivity contribution < 1.29 is 4.79 Å². The lowest BCUT2D eigenvalue weighted by Crippen LogP contribution is -2.27. The van der Waals surface area contributed by atoms with Crippen LogP contribution in [0.3, 0.4) is 0 Å². The lowest BCUT2D eigenvalue weighted by molar-refractivity contribution is -0.122. The highest BCUT2D eigenvalue weighted by atomic mass is 16.1. The van der Waals surface area contributed by atoms with Gasteiger partial charge in [0.1, 0.15) is 0 Å². The lowest BCUT2D eigenvalue weighted by Gasteiger charge is -2.20. The molecule has 0 fully saturated rings. The van der Waals surface area contributed by atoms with Crippen LogP contribution < -0.4 is 11.1 Å². The summed E-state index contributed by atoms with van der Waals surface area (Å²) in [5.74, 6) is 1.25. The maximum atomic E-state index is 12.0. The van der Waals surface area contributed by atoms with Gasteiger partial charge in [-0.25, -0.2) is 0 Å². The molecule has 20 heavy (non-hydrogen) atoms. The van der Waals surface area contributed by atoms with Gasteiger partial charge in [-0.15, -0.1) is 0 Å². The minimum absolute atomic E-state index is 0.0655. The number of nitrogens with one attached hydrogen (secondary N) is 1. The number of benzene rings is 1. The van der Waals surface area contributed by atoms with Gasteiger partial charge >= 0.3 is 0 Å². The Balaban J connectivity index is 2.39. The molecule has 1 rings (SSSR count). The molecule has 1 amide bonds. The van der Waals surface area contributed by atoms with Crippen molar-refractivity contribution in [2.75, 3.05) is 6.54 Å². The summed E-state index contributed by atoms with van der Waals surface area (Å²) in [6, 6.07) is 10.1. The van der Waals surface area contributed by atoms with Gasteiger partial charge in [0.2, 0.25) is 5.91 Å². The van der Waals surface area contributed by atoms with Crippen LogP contribution in [0.2, 0.25) is 0 Å². The van der Waals surface area contributed by atoms with E-state index in [0.717, 1.165) is 18.4 Å². The number of carbonyl (C=O) groups excluding carboxylic acids is 1. The molecule has 0 aliphatic carbocycles. The van der Waals surface area contributed by atoms with Gasteiger partial charge in [0, 0.05) is 6.42 Å². The Bertz CT molecular complexity index is 389. The van der Waals surface area contributed by atoms with E-state index in [4.69, 9.17) is 5.73 Å². The van der Waals surface area contributed by atoms with E-state index in [0.29, 0.717) is 24.8 Å². The molecule has 3 N–H and O–H groups in total. The average Bonchev–Trinajstić information content (AvgIpc) is 2.44. The van der Waals surface area contributed by atoms with Crippen molar-refractivity contribution in [1.29, 1.82) is 0 Å². The lowest BCUT2D eigenvalue weighted by atomic mass is 9.88. The highest BCUT2D eigenvalue weighted by Gasteiger charge is 2.15. The summed E-state index contributed by atoms with van der Waals surface area (Å²) in [6.07, 6.45) is 2.50. The number of nitrogens with two attached hydrogens (primary N) is 1. The third kappa shape index (κ3) is 5.74. The second-order valence-corrected chi connectivity index (χ2v) is 5.82. The molecule has 2 atom stereocenters. The number of amides is 1. The van der Waals surface area contributed by atoms with E-state index in [9.17, 15) is 4.79 Å². The van der Waals surface area contributed by atoms with Gasteiger partial charge in [-0.05, 0) is 43.7 Å². The predicted molar refractivity (Wildman–Crippen MR) is 84.2 cm³/mol.